The third-order valence-electron chi connectivity index (χ3n) is 5.79. The number of carbonyl (C=O) groups is 1. The molecule has 3 aromatic rings. The highest BCUT2D eigenvalue weighted by Crippen LogP contribution is 2.29. The van der Waals surface area contributed by atoms with Crippen molar-refractivity contribution in [3.63, 3.8) is 0 Å². The average molecular weight is 417 g/mol. The summed E-state index contributed by atoms with van der Waals surface area (Å²) in [6.07, 6.45) is 8.24. The van der Waals surface area contributed by atoms with E-state index in [9.17, 15) is 4.79 Å². The second kappa shape index (κ2) is 9.65. The lowest BCUT2D eigenvalue weighted by Crippen LogP contribution is -2.27. The molecule has 0 radical (unpaired) electrons. The number of hydrogen-bond donors (Lipinski definition) is 1. The Morgan fingerprint density at radius 2 is 1.77 bits per heavy atom. The predicted octanol–water partition coefficient (Wildman–Crippen LogP) is 5.04. The van der Waals surface area contributed by atoms with Crippen molar-refractivity contribution in [2.24, 2.45) is 0 Å². The molecule has 5 heteroatoms. The SMILES string of the molecule is COc1ccc(C(=O)N[C@H](C)c2ccc3c(c2)CCCC3)cc1OCc1ccncc1. The number of aryl methyl sites for hydroxylation is 2. The molecule has 1 heterocycles. The summed E-state index contributed by atoms with van der Waals surface area (Å²) in [5.41, 5.74) is 5.53. The fourth-order valence-electron chi connectivity index (χ4n) is 3.96. The minimum Gasteiger partial charge on any atom is -0.493 e. The van der Waals surface area contributed by atoms with Crippen LogP contribution in [0.4, 0.5) is 0 Å². The van der Waals surface area contributed by atoms with Crippen molar-refractivity contribution < 1.29 is 14.3 Å². The second-order valence-corrected chi connectivity index (χ2v) is 7.94. The Labute approximate surface area is 183 Å². The Morgan fingerprint density at radius 3 is 2.55 bits per heavy atom. The van der Waals surface area contributed by atoms with E-state index >= 15 is 0 Å². The number of fused-ring (bicyclic) bond motifs is 1. The van der Waals surface area contributed by atoms with Crippen LogP contribution in [0, 0.1) is 0 Å². The number of ether oxygens (including phenoxy) is 2. The van der Waals surface area contributed by atoms with Gasteiger partial charge in [0.1, 0.15) is 6.61 Å². The minimum absolute atomic E-state index is 0.0805. The van der Waals surface area contributed by atoms with E-state index in [4.69, 9.17) is 9.47 Å². The fourth-order valence-corrected chi connectivity index (χ4v) is 3.96. The average Bonchev–Trinajstić information content (AvgIpc) is 2.82. The third kappa shape index (κ3) is 5.05. The number of rotatable bonds is 7. The molecule has 1 aliphatic carbocycles. The molecule has 0 spiro atoms. The molecule has 0 saturated heterocycles. The number of nitrogens with zero attached hydrogens (tertiary/aromatic N) is 1. The van der Waals surface area contributed by atoms with E-state index in [1.165, 1.54) is 24.0 Å². The van der Waals surface area contributed by atoms with E-state index in [0.29, 0.717) is 23.7 Å². The topological polar surface area (TPSA) is 60.5 Å². The molecule has 1 amide bonds. The summed E-state index contributed by atoms with van der Waals surface area (Å²) in [5, 5.41) is 3.11. The van der Waals surface area contributed by atoms with Crippen LogP contribution in [-0.4, -0.2) is 18.0 Å². The minimum atomic E-state index is -0.137. The van der Waals surface area contributed by atoms with Gasteiger partial charge in [-0.05, 0) is 85.2 Å². The van der Waals surface area contributed by atoms with Crippen LogP contribution in [0.5, 0.6) is 11.5 Å². The molecule has 0 bridgehead atoms. The molecule has 1 N–H and O–H groups in total. The lowest BCUT2D eigenvalue weighted by atomic mass is 9.89. The molecule has 0 saturated carbocycles. The van der Waals surface area contributed by atoms with Gasteiger partial charge in [-0.1, -0.05) is 18.2 Å². The Balaban J connectivity index is 1.46. The number of hydrogen-bond acceptors (Lipinski definition) is 4. The molecule has 1 atom stereocenters. The van der Waals surface area contributed by atoms with Crippen molar-refractivity contribution in [1.29, 1.82) is 0 Å². The van der Waals surface area contributed by atoms with Crippen LogP contribution < -0.4 is 14.8 Å². The monoisotopic (exact) mass is 416 g/mol. The molecule has 0 unspecified atom stereocenters. The first kappa shape index (κ1) is 20.9. The first-order valence-electron chi connectivity index (χ1n) is 10.8. The predicted molar refractivity (Wildman–Crippen MR) is 121 cm³/mol. The lowest BCUT2D eigenvalue weighted by Gasteiger charge is -2.20. The third-order valence-corrected chi connectivity index (χ3v) is 5.79. The van der Waals surface area contributed by atoms with Gasteiger partial charge in [-0.3, -0.25) is 9.78 Å². The summed E-state index contributed by atoms with van der Waals surface area (Å²) < 4.78 is 11.3. The first-order valence-corrected chi connectivity index (χ1v) is 10.8. The quantitative estimate of drug-likeness (QED) is 0.586. The van der Waals surface area contributed by atoms with Crippen LogP contribution in [-0.2, 0) is 19.4 Å². The maximum absolute atomic E-state index is 12.9. The largest absolute Gasteiger partial charge is 0.493 e. The van der Waals surface area contributed by atoms with Crippen LogP contribution >= 0.6 is 0 Å². The molecule has 160 valence electrons. The van der Waals surface area contributed by atoms with Crippen molar-refractivity contribution in [3.05, 3.63) is 88.7 Å². The second-order valence-electron chi connectivity index (χ2n) is 7.94. The molecule has 1 aliphatic rings. The number of amides is 1. The molecule has 5 nitrogen and oxygen atoms in total. The molecule has 1 aromatic heterocycles. The van der Waals surface area contributed by atoms with Crippen LogP contribution in [0.15, 0.2) is 60.9 Å². The zero-order valence-electron chi connectivity index (χ0n) is 18.1. The highest BCUT2D eigenvalue weighted by Gasteiger charge is 2.17. The first-order chi connectivity index (χ1) is 15.1. The van der Waals surface area contributed by atoms with E-state index in [1.807, 2.05) is 19.1 Å². The molecule has 4 rings (SSSR count). The van der Waals surface area contributed by atoms with Crippen LogP contribution in [0.3, 0.4) is 0 Å². The zero-order valence-corrected chi connectivity index (χ0v) is 18.1. The van der Waals surface area contributed by atoms with E-state index in [0.717, 1.165) is 24.0 Å². The maximum Gasteiger partial charge on any atom is 0.251 e. The van der Waals surface area contributed by atoms with Gasteiger partial charge in [-0.2, -0.15) is 0 Å². The van der Waals surface area contributed by atoms with Gasteiger partial charge in [0.05, 0.1) is 13.2 Å². The molecular formula is C26H28N2O3. The highest BCUT2D eigenvalue weighted by molar-refractivity contribution is 5.95. The van der Waals surface area contributed by atoms with Crippen molar-refractivity contribution in [3.8, 4) is 11.5 Å². The summed E-state index contributed by atoms with van der Waals surface area (Å²) in [4.78, 5) is 16.9. The molecule has 2 aromatic carbocycles. The molecule has 0 fully saturated rings. The fraction of sp³-hybridized carbons (Fsp3) is 0.308. The number of nitrogens with one attached hydrogen (secondary N) is 1. The van der Waals surface area contributed by atoms with Gasteiger partial charge in [0, 0.05) is 18.0 Å². The number of aromatic nitrogens is 1. The van der Waals surface area contributed by atoms with Gasteiger partial charge in [-0.15, -0.1) is 0 Å². The lowest BCUT2D eigenvalue weighted by molar-refractivity contribution is 0.0939. The van der Waals surface area contributed by atoms with Crippen molar-refractivity contribution in [2.75, 3.05) is 7.11 Å². The Hall–Kier alpha value is -3.34. The van der Waals surface area contributed by atoms with Gasteiger partial charge in [0.2, 0.25) is 0 Å². The summed E-state index contributed by atoms with van der Waals surface area (Å²) >= 11 is 0. The van der Waals surface area contributed by atoms with E-state index in [2.05, 4.69) is 28.5 Å². The van der Waals surface area contributed by atoms with Crippen LogP contribution in [0.1, 0.15) is 58.4 Å². The van der Waals surface area contributed by atoms with E-state index in [-0.39, 0.29) is 11.9 Å². The summed E-state index contributed by atoms with van der Waals surface area (Å²) in [6, 6.07) is 15.5. The normalized spacial score (nSPS) is 13.7. The number of benzene rings is 2. The van der Waals surface area contributed by atoms with Gasteiger partial charge >= 0.3 is 0 Å². The smallest absolute Gasteiger partial charge is 0.251 e. The van der Waals surface area contributed by atoms with Crippen LogP contribution in [0.25, 0.3) is 0 Å². The van der Waals surface area contributed by atoms with Crippen molar-refractivity contribution in [2.45, 2.75) is 45.3 Å². The maximum atomic E-state index is 12.9. The highest BCUT2D eigenvalue weighted by atomic mass is 16.5. The molecule has 0 aliphatic heterocycles. The standard InChI is InChI=1S/C26H28N2O3/c1-18(21-8-7-20-5-3-4-6-22(20)15-21)28-26(29)23-9-10-24(30-2)25(16-23)31-17-19-11-13-27-14-12-19/h7-16,18H,3-6,17H2,1-2H3,(H,28,29)/t18-/m1/s1. The van der Waals surface area contributed by atoms with Crippen LogP contribution in [0.2, 0.25) is 0 Å². The summed E-state index contributed by atoms with van der Waals surface area (Å²) in [7, 11) is 1.59. The van der Waals surface area contributed by atoms with Gasteiger partial charge in [0.25, 0.3) is 5.91 Å². The number of carbonyl (C=O) groups excluding carboxylic acids is 1. The van der Waals surface area contributed by atoms with Gasteiger partial charge in [-0.25, -0.2) is 0 Å². The van der Waals surface area contributed by atoms with Gasteiger partial charge in [0.15, 0.2) is 11.5 Å². The molecular weight excluding hydrogens is 388 g/mol. The number of methoxy groups -OCH3 is 1. The van der Waals surface area contributed by atoms with E-state index in [1.54, 1.807) is 37.7 Å². The number of pyridine rings is 1. The van der Waals surface area contributed by atoms with Crippen molar-refractivity contribution >= 4 is 5.91 Å². The zero-order chi connectivity index (χ0) is 21.6. The Morgan fingerprint density at radius 1 is 1.00 bits per heavy atom. The molecule has 31 heavy (non-hydrogen) atoms. The van der Waals surface area contributed by atoms with Crippen molar-refractivity contribution in [1.82, 2.24) is 10.3 Å². The Bertz CT molecular complexity index is 1050. The van der Waals surface area contributed by atoms with E-state index < -0.39 is 0 Å². The summed E-state index contributed by atoms with van der Waals surface area (Å²) in [5.74, 6) is 0.989. The Kier molecular flexibility index (Phi) is 6.51. The van der Waals surface area contributed by atoms with Gasteiger partial charge < -0.3 is 14.8 Å². The summed E-state index contributed by atoms with van der Waals surface area (Å²) in [6.45, 7) is 2.39.